The lowest BCUT2D eigenvalue weighted by atomic mass is 9.94. The van der Waals surface area contributed by atoms with E-state index in [0.29, 0.717) is 6.04 Å². The SMILES string of the molecule is O=C(NC1CCCCC1)c1ccccc1-c1ccc(Cn2cccn2)cc1. The molecule has 1 aromatic heterocycles. The summed E-state index contributed by atoms with van der Waals surface area (Å²) in [6.07, 6.45) is 9.64. The van der Waals surface area contributed by atoms with Crippen molar-refractivity contribution < 1.29 is 4.79 Å². The quantitative estimate of drug-likeness (QED) is 0.720. The van der Waals surface area contributed by atoms with E-state index < -0.39 is 0 Å². The molecule has 3 aromatic rings. The number of nitrogens with zero attached hydrogens (tertiary/aromatic N) is 2. The molecule has 1 aliphatic carbocycles. The fourth-order valence-corrected chi connectivity index (χ4v) is 3.81. The molecule has 4 rings (SSSR count). The molecule has 0 spiro atoms. The Kier molecular flexibility index (Phi) is 5.33. The number of hydrogen-bond donors (Lipinski definition) is 1. The highest BCUT2D eigenvalue weighted by Gasteiger charge is 2.18. The third kappa shape index (κ3) is 4.27. The van der Waals surface area contributed by atoms with E-state index in [1.54, 1.807) is 6.20 Å². The van der Waals surface area contributed by atoms with Crippen LogP contribution in [-0.2, 0) is 6.54 Å². The van der Waals surface area contributed by atoms with Gasteiger partial charge in [-0.3, -0.25) is 9.48 Å². The Morgan fingerprint density at radius 1 is 1.00 bits per heavy atom. The van der Waals surface area contributed by atoms with E-state index in [0.717, 1.165) is 36.1 Å². The molecule has 0 unspecified atom stereocenters. The summed E-state index contributed by atoms with van der Waals surface area (Å²) in [5.41, 5.74) is 3.99. The van der Waals surface area contributed by atoms with Crippen molar-refractivity contribution in [1.82, 2.24) is 15.1 Å². The third-order valence-corrected chi connectivity index (χ3v) is 5.28. The van der Waals surface area contributed by atoms with Gasteiger partial charge in [0.15, 0.2) is 0 Å². The molecule has 2 aromatic carbocycles. The molecule has 1 N–H and O–H groups in total. The maximum absolute atomic E-state index is 12.9. The van der Waals surface area contributed by atoms with Crippen LogP contribution in [0.25, 0.3) is 11.1 Å². The fraction of sp³-hybridized carbons (Fsp3) is 0.304. The Balaban J connectivity index is 1.52. The Labute approximate surface area is 160 Å². The largest absolute Gasteiger partial charge is 0.349 e. The van der Waals surface area contributed by atoms with Crippen molar-refractivity contribution in [1.29, 1.82) is 0 Å². The van der Waals surface area contributed by atoms with Gasteiger partial charge in [-0.15, -0.1) is 0 Å². The van der Waals surface area contributed by atoms with Gasteiger partial charge in [-0.25, -0.2) is 0 Å². The zero-order valence-electron chi connectivity index (χ0n) is 15.5. The third-order valence-electron chi connectivity index (χ3n) is 5.28. The topological polar surface area (TPSA) is 46.9 Å². The summed E-state index contributed by atoms with van der Waals surface area (Å²) in [5.74, 6) is 0.0399. The zero-order valence-corrected chi connectivity index (χ0v) is 15.5. The van der Waals surface area contributed by atoms with Crippen LogP contribution in [0.15, 0.2) is 67.0 Å². The van der Waals surface area contributed by atoms with Gasteiger partial charge in [0.1, 0.15) is 0 Å². The number of rotatable bonds is 5. The van der Waals surface area contributed by atoms with Crippen LogP contribution in [0.2, 0.25) is 0 Å². The van der Waals surface area contributed by atoms with E-state index in [2.05, 4.69) is 34.7 Å². The van der Waals surface area contributed by atoms with Crippen LogP contribution in [0.5, 0.6) is 0 Å². The van der Waals surface area contributed by atoms with Crippen LogP contribution < -0.4 is 5.32 Å². The summed E-state index contributed by atoms with van der Waals surface area (Å²) >= 11 is 0. The molecule has 1 aliphatic rings. The smallest absolute Gasteiger partial charge is 0.252 e. The molecule has 1 heterocycles. The first-order valence-electron chi connectivity index (χ1n) is 9.76. The Morgan fingerprint density at radius 2 is 1.78 bits per heavy atom. The van der Waals surface area contributed by atoms with Gasteiger partial charge < -0.3 is 5.32 Å². The molecule has 4 nitrogen and oxygen atoms in total. The van der Waals surface area contributed by atoms with Crippen LogP contribution in [0, 0.1) is 0 Å². The van der Waals surface area contributed by atoms with Crippen LogP contribution in [-0.4, -0.2) is 21.7 Å². The minimum absolute atomic E-state index is 0.0399. The van der Waals surface area contributed by atoms with Gasteiger partial charge in [0.25, 0.3) is 5.91 Å². The summed E-state index contributed by atoms with van der Waals surface area (Å²) < 4.78 is 1.90. The first-order chi connectivity index (χ1) is 13.3. The van der Waals surface area contributed by atoms with Crippen LogP contribution >= 0.6 is 0 Å². The lowest BCUT2D eigenvalue weighted by Gasteiger charge is -2.23. The van der Waals surface area contributed by atoms with Crippen molar-refractivity contribution in [2.75, 3.05) is 0 Å². The first-order valence-corrected chi connectivity index (χ1v) is 9.76. The average molecular weight is 359 g/mol. The highest BCUT2D eigenvalue weighted by atomic mass is 16.1. The summed E-state index contributed by atoms with van der Waals surface area (Å²) in [7, 11) is 0. The molecule has 138 valence electrons. The maximum Gasteiger partial charge on any atom is 0.252 e. The van der Waals surface area contributed by atoms with Gasteiger partial charge in [0.05, 0.1) is 6.54 Å². The maximum atomic E-state index is 12.9. The monoisotopic (exact) mass is 359 g/mol. The van der Waals surface area contributed by atoms with E-state index in [1.165, 1.54) is 24.8 Å². The molecule has 1 fully saturated rings. The van der Waals surface area contributed by atoms with Gasteiger partial charge in [0.2, 0.25) is 0 Å². The highest BCUT2D eigenvalue weighted by molar-refractivity contribution is 6.01. The zero-order chi connectivity index (χ0) is 18.5. The van der Waals surface area contributed by atoms with Crippen molar-refractivity contribution in [3.63, 3.8) is 0 Å². The van der Waals surface area contributed by atoms with Crippen molar-refractivity contribution in [3.05, 3.63) is 78.1 Å². The summed E-state index contributed by atoms with van der Waals surface area (Å²) in [6, 6.07) is 18.5. The predicted molar refractivity (Wildman–Crippen MR) is 108 cm³/mol. The molecule has 0 aliphatic heterocycles. The van der Waals surface area contributed by atoms with Crippen molar-refractivity contribution in [3.8, 4) is 11.1 Å². The van der Waals surface area contributed by atoms with E-state index in [9.17, 15) is 4.79 Å². The number of hydrogen-bond acceptors (Lipinski definition) is 2. The fourth-order valence-electron chi connectivity index (χ4n) is 3.81. The molecule has 4 heteroatoms. The second-order valence-electron chi connectivity index (χ2n) is 7.25. The normalized spacial score (nSPS) is 14.8. The summed E-state index contributed by atoms with van der Waals surface area (Å²) in [4.78, 5) is 12.9. The van der Waals surface area contributed by atoms with Gasteiger partial charge in [-0.1, -0.05) is 61.7 Å². The van der Waals surface area contributed by atoms with E-state index in [4.69, 9.17) is 0 Å². The van der Waals surface area contributed by atoms with E-state index >= 15 is 0 Å². The molecule has 0 saturated heterocycles. The number of aromatic nitrogens is 2. The number of nitrogens with one attached hydrogen (secondary N) is 1. The summed E-state index contributed by atoms with van der Waals surface area (Å²) in [5, 5.41) is 7.48. The van der Waals surface area contributed by atoms with E-state index in [-0.39, 0.29) is 5.91 Å². The molecule has 27 heavy (non-hydrogen) atoms. The minimum atomic E-state index is 0.0399. The van der Waals surface area contributed by atoms with Crippen molar-refractivity contribution in [2.24, 2.45) is 0 Å². The Bertz CT molecular complexity index is 878. The second-order valence-corrected chi connectivity index (χ2v) is 7.25. The first kappa shape index (κ1) is 17.5. The highest BCUT2D eigenvalue weighted by Crippen LogP contribution is 2.25. The molecular formula is C23H25N3O. The Morgan fingerprint density at radius 3 is 2.52 bits per heavy atom. The molecule has 1 amide bonds. The van der Waals surface area contributed by atoms with Crippen LogP contribution in [0.4, 0.5) is 0 Å². The molecule has 0 radical (unpaired) electrons. The lowest BCUT2D eigenvalue weighted by Crippen LogP contribution is -2.36. The summed E-state index contributed by atoms with van der Waals surface area (Å²) in [6.45, 7) is 0.747. The van der Waals surface area contributed by atoms with Crippen LogP contribution in [0.3, 0.4) is 0 Å². The van der Waals surface area contributed by atoms with Crippen molar-refractivity contribution >= 4 is 5.91 Å². The molecular weight excluding hydrogens is 334 g/mol. The number of amides is 1. The van der Waals surface area contributed by atoms with Gasteiger partial charge >= 0.3 is 0 Å². The van der Waals surface area contributed by atoms with Gasteiger partial charge in [0, 0.05) is 24.0 Å². The Hall–Kier alpha value is -2.88. The molecule has 0 bridgehead atoms. The lowest BCUT2D eigenvalue weighted by molar-refractivity contribution is 0.0928. The minimum Gasteiger partial charge on any atom is -0.349 e. The van der Waals surface area contributed by atoms with Gasteiger partial charge in [-0.05, 0) is 41.7 Å². The number of carbonyl (C=O) groups excluding carboxylic acids is 1. The number of carbonyl (C=O) groups is 1. The van der Waals surface area contributed by atoms with Crippen molar-refractivity contribution in [2.45, 2.75) is 44.7 Å². The standard InChI is InChI=1S/C23H25N3O/c27-23(25-20-7-2-1-3-8-20)22-10-5-4-9-21(22)19-13-11-18(12-14-19)17-26-16-6-15-24-26/h4-6,9-16,20H,1-3,7-8,17H2,(H,25,27). The molecule has 1 saturated carbocycles. The van der Waals surface area contributed by atoms with Gasteiger partial charge in [-0.2, -0.15) is 5.10 Å². The predicted octanol–water partition coefficient (Wildman–Crippen LogP) is 4.66. The molecule has 0 atom stereocenters. The van der Waals surface area contributed by atoms with E-state index in [1.807, 2.05) is 41.2 Å². The second kappa shape index (κ2) is 8.21. The van der Waals surface area contributed by atoms with Crippen LogP contribution in [0.1, 0.15) is 48.0 Å². The average Bonchev–Trinajstić information content (AvgIpc) is 3.22. The number of benzene rings is 2.